The van der Waals surface area contributed by atoms with Gasteiger partial charge in [0.1, 0.15) is 0 Å². The van der Waals surface area contributed by atoms with Crippen molar-refractivity contribution in [3.05, 3.63) is 48.3 Å². The number of morpholine rings is 1. The molecule has 1 aromatic carbocycles. The van der Waals surface area contributed by atoms with Crippen LogP contribution in [-0.2, 0) is 4.74 Å². The van der Waals surface area contributed by atoms with Gasteiger partial charge in [0.15, 0.2) is 0 Å². The maximum Gasteiger partial charge on any atom is 0.254 e. The standard InChI is InChI=1S/C22H28N4O2/c23-21-8-9-24-15-20(21)17-4-6-18(7-5-17)22(27)26-10-2-1-3-19(26)16-25-11-13-28-14-12-25/h4-9,15,19H,1-3,10-14,16H2,(H2,23,24)/t19-/m1/s1. The number of likely N-dealkylation sites (tertiary alicyclic amines) is 1. The van der Waals surface area contributed by atoms with Gasteiger partial charge in [-0.1, -0.05) is 12.1 Å². The van der Waals surface area contributed by atoms with Crippen LogP contribution < -0.4 is 5.73 Å². The Bertz CT molecular complexity index is 802. The van der Waals surface area contributed by atoms with Crippen molar-refractivity contribution in [2.75, 3.05) is 45.1 Å². The number of amides is 1. The number of hydrogen-bond acceptors (Lipinski definition) is 5. The van der Waals surface area contributed by atoms with E-state index in [0.29, 0.717) is 5.69 Å². The number of rotatable bonds is 4. The van der Waals surface area contributed by atoms with Crippen LogP contribution >= 0.6 is 0 Å². The number of pyridine rings is 1. The van der Waals surface area contributed by atoms with E-state index in [1.165, 1.54) is 6.42 Å². The molecule has 0 radical (unpaired) electrons. The fourth-order valence-corrected chi connectivity index (χ4v) is 4.14. The number of hydrogen-bond donors (Lipinski definition) is 1. The van der Waals surface area contributed by atoms with Gasteiger partial charge in [-0.3, -0.25) is 14.7 Å². The summed E-state index contributed by atoms with van der Waals surface area (Å²) in [6.45, 7) is 5.28. The molecule has 2 saturated heterocycles. The highest BCUT2D eigenvalue weighted by molar-refractivity contribution is 5.95. The first kappa shape index (κ1) is 18.9. The smallest absolute Gasteiger partial charge is 0.254 e. The summed E-state index contributed by atoms with van der Waals surface area (Å²) < 4.78 is 5.45. The van der Waals surface area contributed by atoms with Gasteiger partial charge in [-0.05, 0) is 43.0 Å². The number of anilines is 1. The zero-order valence-electron chi connectivity index (χ0n) is 16.2. The van der Waals surface area contributed by atoms with E-state index < -0.39 is 0 Å². The molecule has 2 aliphatic rings. The highest BCUT2D eigenvalue weighted by atomic mass is 16.5. The second kappa shape index (κ2) is 8.71. The van der Waals surface area contributed by atoms with Crippen molar-refractivity contribution in [3.8, 4) is 11.1 Å². The third-order valence-electron chi connectivity index (χ3n) is 5.76. The first-order chi connectivity index (χ1) is 13.7. The number of ether oxygens (including phenoxy) is 1. The van der Waals surface area contributed by atoms with Gasteiger partial charge in [0.05, 0.1) is 13.2 Å². The molecule has 148 valence electrons. The Morgan fingerprint density at radius 3 is 2.64 bits per heavy atom. The lowest BCUT2D eigenvalue weighted by atomic mass is 9.99. The minimum absolute atomic E-state index is 0.128. The number of piperidine rings is 1. The Balaban J connectivity index is 1.48. The van der Waals surface area contributed by atoms with Crippen LogP contribution in [0.2, 0.25) is 0 Å². The SMILES string of the molecule is Nc1ccncc1-c1ccc(C(=O)N2CCCC[C@@H]2CN2CCOCC2)cc1. The van der Waals surface area contributed by atoms with Crippen LogP contribution in [0, 0.1) is 0 Å². The monoisotopic (exact) mass is 380 g/mol. The number of aromatic nitrogens is 1. The van der Waals surface area contributed by atoms with Crippen molar-refractivity contribution in [1.82, 2.24) is 14.8 Å². The fraction of sp³-hybridized carbons (Fsp3) is 0.455. The van der Waals surface area contributed by atoms with Gasteiger partial charge in [0, 0.05) is 61.4 Å². The number of carbonyl (C=O) groups is 1. The summed E-state index contributed by atoms with van der Waals surface area (Å²) >= 11 is 0. The average Bonchev–Trinajstić information content (AvgIpc) is 2.75. The van der Waals surface area contributed by atoms with Crippen LogP contribution in [0.4, 0.5) is 5.69 Å². The van der Waals surface area contributed by atoms with Gasteiger partial charge in [-0.15, -0.1) is 0 Å². The lowest BCUT2D eigenvalue weighted by molar-refractivity contribution is 0.0166. The topological polar surface area (TPSA) is 71.7 Å². The Hall–Kier alpha value is -2.44. The first-order valence-electron chi connectivity index (χ1n) is 10.1. The molecule has 28 heavy (non-hydrogen) atoms. The summed E-state index contributed by atoms with van der Waals surface area (Å²) in [6.07, 6.45) is 6.79. The Kier molecular flexibility index (Phi) is 5.88. The van der Waals surface area contributed by atoms with Gasteiger partial charge >= 0.3 is 0 Å². The van der Waals surface area contributed by atoms with Crippen LogP contribution in [0.15, 0.2) is 42.7 Å². The van der Waals surface area contributed by atoms with Crippen LogP contribution in [0.25, 0.3) is 11.1 Å². The molecule has 0 unspecified atom stereocenters. The van der Waals surface area contributed by atoms with Gasteiger partial charge in [-0.25, -0.2) is 0 Å². The lowest BCUT2D eigenvalue weighted by Gasteiger charge is -2.39. The molecule has 2 N–H and O–H groups in total. The molecule has 0 bridgehead atoms. The predicted octanol–water partition coefficient (Wildman–Crippen LogP) is 2.66. The summed E-state index contributed by atoms with van der Waals surface area (Å²) in [7, 11) is 0. The van der Waals surface area contributed by atoms with Crippen LogP contribution in [0.5, 0.6) is 0 Å². The van der Waals surface area contributed by atoms with Crippen LogP contribution in [0.1, 0.15) is 29.6 Å². The summed E-state index contributed by atoms with van der Waals surface area (Å²) in [4.78, 5) is 21.9. The van der Waals surface area contributed by atoms with E-state index in [1.54, 1.807) is 18.5 Å². The molecule has 4 rings (SSSR count). The maximum atomic E-state index is 13.2. The van der Waals surface area contributed by atoms with Crippen molar-refractivity contribution < 1.29 is 9.53 Å². The highest BCUT2D eigenvalue weighted by Gasteiger charge is 2.29. The molecule has 2 fully saturated rings. The zero-order chi connectivity index (χ0) is 19.3. The van der Waals surface area contributed by atoms with Crippen LogP contribution in [-0.4, -0.2) is 66.1 Å². The molecule has 1 amide bonds. The quantitative estimate of drug-likeness (QED) is 0.883. The summed E-state index contributed by atoms with van der Waals surface area (Å²) in [6, 6.07) is 9.81. The summed E-state index contributed by atoms with van der Waals surface area (Å²) in [5.74, 6) is 0.128. The number of nitrogens with two attached hydrogens (primary N) is 1. The lowest BCUT2D eigenvalue weighted by Crippen LogP contribution is -2.51. The van der Waals surface area contributed by atoms with Crippen molar-refractivity contribution >= 4 is 11.6 Å². The highest BCUT2D eigenvalue weighted by Crippen LogP contribution is 2.26. The van der Waals surface area contributed by atoms with E-state index in [-0.39, 0.29) is 11.9 Å². The predicted molar refractivity (Wildman–Crippen MR) is 110 cm³/mol. The average molecular weight is 380 g/mol. The molecular weight excluding hydrogens is 352 g/mol. The van der Waals surface area contributed by atoms with Crippen molar-refractivity contribution in [2.45, 2.75) is 25.3 Å². The van der Waals surface area contributed by atoms with E-state index in [0.717, 1.165) is 68.9 Å². The number of nitrogen functional groups attached to an aromatic ring is 1. The third kappa shape index (κ3) is 4.18. The molecule has 0 spiro atoms. The molecule has 0 aliphatic carbocycles. The van der Waals surface area contributed by atoms with Crippen molar-refractivity contribution in [3.63, 3.8) is 0 Å². The molecule has 1 atom stereocenters. The second-order valence-electron chi connectivity index (χ2n) is 7.60. The molecule has 2 aromatic rings. The van der Waals surface area contributed by atoms with Gasteiger partial charge in [0.25, 0.3) is 5.91 Å². The Labute approximate surface area is 166 Å². The second-order valence-corrected chi connectivity index (χ2v) is 7.60. The molecule has 6 nitrogen and oxygen atoms in total. The van der Waals surface area contributed by atoms with E-state index >= 15 is 0 Å². The molecule has 6 heteroatoms. The normalized spacial score (nSPS) is 20.9. The van der Waals surface area contributed by atoms with E-state index in [1.807, 2.05) is 24.3 Å². The van der Waals surface area contributed by atoms with E-state index in [2.05, 4.69) is 14.8 Å². The fourth-order valence-electron chi connectivity index (χ4n) is 4.14. The van der Waals surface area contributed by atoms with Gasteiger partial charge in [-0.2, -0.15) is 0 Å². The van der Waals surface area contributed by atoms with Gasteiger partial charge < -0.3 is 15.4 Å². The summed E-state index contributed by atoms with van der Waals surface area (Å²) in [5, 5.41) is 0. The maximum absolute atomic E-state index is 13.2. The summed E-state index contributed by atoms with van der Waals surface area (Å²) in [5.41, 5.74) is 9.34. The largest absolute Gasteiger partial charge is 0.398 e. The third-order valence-corrected chi connectivity index (χ3v) is 5.76. The number of benzene rings is 1. The first-order valence-corrected chi connectivity index (χ1v) is 10.1. The molecule has 3 heterocycles. The molecular formula is C22H28N4O2. The Morgan fingerprint density at radius 2 is 1.89 bits per heavy atom. The number of carbonyl (C=O) groups excluding carboxylic acids is 1. The van der Waals surface area contributed by atoms with Crippen molar-refractivity contribution in [1.29, 1.82) is 0 Å². The molecule has 1 aromatic heterocycles. The molecule has 2 aliphatic heterocycles. The minimum atomic E-state index is 0.128. The molecule has 0 saturated carbocycles. The van der Waals surface area contributed by atoms with Crippen LogP contribution in [0.3, 0.4) is 0 Å². The van der Waals surface area contributed by atoms with E-state index in [9.17, 15) is 4.79 Å². The number of nitrogens with zero attached hydrogens (tertiary/aromatic N) is 3. The Morgan fingerprint density at radius 1 is 1.11 bits per heavy atom. The van der Waals surface area contributed by atoms with Gasteiger partial charge in [0.2, 0.25) is 0 Å². The van der Waals surface area contributed by atoms with Crippen molar-refractivity contribution in [2.24, 2.45) is 0 Å². The minimum Gasteiger partial charge on any atom is -0.398 e. The zero-order valence-corrected chi connectivity index (χ0v) is 16.2. The van der Waals surface area contributed by atoms with E-state index in [4.69, 9.17) is 10.5 Å².